The highest BCUT2D eigenvalue weighted by Crippen LogP contribution is 2.32. The van der Waals surface area contributed by atoms with Crippen LogP contribution in [-0.2, 0) is 16.1 Å². The van der Waals surface area contributed by atoms with Crippen LogP contribution in [0.2, 0.25) is 0 Å². The number of benzene rings is 2. The number of nitrogens with zero attached hydrogens (tertiary/aromatic N) is 3. The number of pyridine rings is 1. The molecule has 2 aromatic carbocycles. The summed E-state index contributed by atoms with van der Waals surface area (Å²) in [6.07, 6.45) is 1.93. The molecule has 0 radical (unpaired) electrons. The van der Waals surface area contributed by atoms with Crippen molar-refractivity contribution in [2.75, 3.05) is 26.2 Å². The Bertz CT molecular complexity index is 1370. The normalized spacial score (nSPS) is 18.1. The molecule has 8 nitrogen and oxygen atoms in total. The van der Waals surface area contributed by atoms with E-state index in [9.17, 15) is 9.59 Å². The molecule has 1 aromatic heterocycles. The lowest BCUT2D eigenvalue weighted by atomic mass is 9.98. The van der Waals surface area contributed by atoms with Crippen molar-refractivity contribution in [1.29, 1.82) is 0 Å². The Morgan fingerprint density at radius 2 is 1.74 bits per heavy atom. The lowest BCUT2D eigenvalue weighted by Crippen LogP contribution is -2.46. The Morgan fingerprint density at radius 3 is 2.40 bits per heavy atom. The number of aryl methyl sites for hydroxylation is 1. The van der Waals surface area contributed by atoms with Gasteiger partial charge in [-0.2, -0.15) is 0 Å². The number of esters is 1. The van der Waals surface area contributed by atoms with Crippen molar-refractivity contribution in [3.63, 3.8) is 0 Å². The number of amides is 2. The van der Waals surface area contributed by atoms with Gasteiger partial charge in [0.2, 0.25) is 0 Å². The monoisotopic (exact) mass is 588 g/mol. The molecule has 1 atom stereocenters. The number of hydrogen-bond acceptors (Lipinski definition) is 7. The second kappa shape index (κ2) is 13.2. The molecule has 2 fully saturated rings. The Kier molecular flexibility index (Phi) is 9.38. The van der Waals surface area contributed by atoms with E-state index in [1.165, 1.54) is 11.1 Å². The van der Waals surface area contributed by atoms with Crippen LogP contribution in [0.15, 0.2) is 76.7 Å². The predicted octanol–water partition coefficient (Wildman–Crippen LogP) is 5.99. The third-order valence-electron chi connectivity index (χ3n) is 7.54. The van der Waals surface area contributed by atoms with Gasteiger partial charge in [-0.3, -0.25) is 4.90 Å². The molecule has 0 bridgehead atoms. The first-order valence-electron chi connectivity index (χ1n) is 14.6. The van der Waals surface area contributed by atoms with Gasteiger partial charge in [0, 0.05) is 42.8 Å². The van der Waals surface area contributed by atoms with Crippen molar-refractivity contribution >= 4 is 23.8 Å². The number of ether oxygens (including phenoxy) is 2. The topological polar surface area (TPSA) is 84.0 Å². The summed E-state index contributed by atoms with van der Waals surface area (Å²) in [5.41, 5.74) is 2.92. The van der Waals surface area contributed by atoms with Crippen LogP contribution in [0.4, 0.5) is 4.79 Å². The lowest BCUT2D eigenvalue weighted by molar-refractivity contribution is -0.157. The average Bonchev–Trinajstić information content (AvgIpc) is 3.35. The second-order valence-corrected chi connectivity index (χ2v) is 13.0. The van der Waals surface area contributed by atoms with Gasteiger partial charge < -0.3 is 19.7 Å². The molecular weight excluding hydrogens is 548 g/mol. The number of carbonyl (C=O) groups excluding carboxylic acids is 2. The number of carbonyl (C=O) groups is 2. The maximum Gasteiger partial charge on any atom is 0.344 e. The van der Waals surface area contributed by atoms with Gasteiger partial charge in [-0.1, -0.05) is 48.2 Å². The maximum absolute atomic E-state index is 12.7. The fraction of sp³-hybridized carbons (Fsp3) is 0.424. The molecule has 222 valence electrons. The number of urea groups is 1. The molecule has 2 aliphatic rings. The van der Waals surface area contributed by atoms with E-state index in [0.717, 1.165) is 48.1 Å². The summed E-state index contributed by atoms with van der Waals surface area (Å²) in [4.78, 5) is 35.1. The molecule has 0 saturated carbocycles. The smallest absolute Gasteiger partial charge is 0.344 e. The zero-order chi connectivity index (χ0) is 29.7. The van der Waals surface area contributed by atoms with E-state index >= 15 is 0 Å². The van der Waals surface area contributed by atoms with Gasteiger partial charge in [-0.25, -0.2) is 14.6 Å². The minimum atomic E-state index is -0.530. The third kappa shape index (κ3) is 7.83. The van der Waals surface area contributed by atoms with Gasteiger partial charge in [0.25, 0.3) is 0 Å². The molecule has 0 spiro atoms. The summed E-state index contributed by atoms with van der Waals surface area (Å²) >= 11 is 1.60. The van der Waals surface area contributed by atoms with Crippen LogP contribution in [0, 0.1) is 6.92 Å². The van der Waals surface area contributed by atoms with E-state index in [1.807, 2.05) is 63.2 Å². The van der Waals surface area contributed by atoms with Crippen LogP contribution in [-0.4, -0.2) is 64.7 Å². The van der Waals surface area contributed by atoms with E-state index in [2.05, 4.69) is 46.3 Å². The van der Waals surface area contributed by atoms with Crippen LogP contribution in [0.1, 0.15) is 56.5 Å². The first-order chi connectivity index (χ1) is 20.1. The highest BCUT2D eigenvalue weighted by atomic mass is 32.2. The number of nitrogens with one attached hydrogen (secondary N) is 1. The van der Waals surface area contributed by atoms with Gasteiger partial charge in [0.05, 0.1) is 6.04 Å². The molecule has 2 saturated heterocycles. The number of piperidine rings is 1. The standard InChI is InChI=1S/C33H40N4O4S/c1-23-25(10-15-30(35-23)42-28-13-11-27(12-14-28)40-22-31(38)41-33(2,3)4)21-36-18-16-26(17-19-36)37-29(20-34-32(37)39)24-8-6-5-7-9-24/h5-15,26,29H,16-22H2,1-4H3,(H,34,39)/t29-/m0/s1. The van der Waals surface area contributed by atoms with Crippen LogP contribution in [0.5, 0.6) is 5.75 Å². The summed E-state index contributed by atoms with van der Waals surface area (Å²) in [5, 5.41) is 3.99. The number of aromatic nitrogens is 1. The Hall–Kier alpha value is -3.56. The third-order valence-corrected chi connectivity index (χ3v) is 8.48. The molecule has 42 heavy (non-hydrogen) atoms. The predicted molar refractivity (Wildman–Crippen MR) is 164 cm³/mol. The van der Waals surface area contributed by atoms with Gasteiger partial charge >= 0.3 is 12.0 Å². The van der Waals surface area contributed by atoms with Gasteiger partial charge in [-0.15, -0.1) is 0 Å². The van der Waals surface area contributed by atoms with Crippen LogP contribution >= 0.6 is 11.8 Å². The van der Waals surface area contributed by atoms with Crippen LogP contribution in [0.3, 0.4) is 0 Å². The highest BCUT2D eigenvalue weighted by molar-refractivity contribution is 7.99. The zero-order valence-corrected chi connectivity index (χ0v) is 25.7. The van der Waals surface area contributed by atoms with Crippen molar-refractivity contribution in [2.45, 2.75) is 74.7 Å². The largest absolute Gasteiger partial charge is 0.482 e. The SMILES string of the molecule is Cc1nc(Sc2ccc(OCC(=O)OC(C)(C)C)cc2)ccc1CN1CCC(N2C(=O)NC[C@H]2c2ccccc2)CC1. The van der Waals surface area contributed by atoms with Gasteiger partial charge in [-0.05, 0) is 82.0 Å². The Labute approximate surface area is 252 Å². The summed E-state index contributed by atoms with van der Waals surface area (Å²) in [6, 6.07) is 22.6. The maximum atomic E-state index is 12.7. The molecule has 2 amide bonds. The first kappa shape index (κ1) is 29.9. The zero-order valence-electron chi connectivity index (χ0n) is 24.8. The average molecular weight is 589 g/mol. The van der Waals surface area contributed by atoms with E-state index in [1.54, 1.807) is 11.8 Å². The molecule has 9 heteroatoms. The van der Waals surface area contributed by atoms with Crippen LogP contribution < -0.4 is 10.1 Å². The van der Waals surface area contributed by atoms with Crippen molar-refractivity contribution in [3.05, 3.63) is 83.6 Å². The van der Waals surface area contributed by atoms with E-state index < -0.39 is 5.60 Å². The molecule has 0 unspecified atom stereocenters. The fourth-order valence-corrected chi connectivity index (χ4v) is 6.35. The van der Waals surface area contributed by atoms with Crippen molar-refractivity contribution in [3.8, 4) is 5.75 Å². The van der Waals surface area contributed by atoms with Crippen molar-refractivity contribution < 1.29 is 19.1 Å². The van der Waals surface area contributed by atoms with E-state index in [-0.39, 0.29) is 30.7 Å². The quantitative estimate of drug-likeness (QED) is 0.307. The lowest BCUT2D eigenvalue weighted by Gasteiger charge is -2.39. The van der Waals surface area contributed by atoms with Gasteiger partial charge in [0.15, 0.2) is 6.61 Å². The van der Waals surface area contributed by atoms with E-state index in [0.29, 0.717) is 12.3 Å². The summed E-state index contributed by atoms with van der Waals surface area (Å²) in [7, 11) is 0. The summed E-state index contributed by atoms with van der Waals surface area (Å²) < 4.78 is 10.8. The molecule has 1 N–H and O–H groups in total. The molecule has 3 heterocycles. The molecule has 5 rings (SSSR count). The molecule has 0 aliphatic carbocycles. The number of likely N-dealkylation sites (tertiary alicyclic amines) is 1. The Morgan fingerprint density at radius 1 is 1.02 bits per heavy atom. The highest BCUT2D eigenvalue weighted by Gasteiger charge is 2.38. The molecular formula is C33H40N4O4S. The van der Waals surface area contributed by atoms with Crippen LogP contribution in [0.25, 0.3) is 0 Å². The first-order valence-corrected chi connectivity index (χ1v) is 15.4. The van der Waals surface area contributed by atoms with Gasteiger partial charge in [0.1, 0.15) is 16.4 Å². The minimum absolute atomic E-state index is 0.0541. The number of hydrogen-bond donors (Lipinski definition) is 1. The minimum Gasteiger partial charge on any atom is -0.482 e. The number of rotatable bonds is 9. The second-order valence-electron chi connectivity index (χ2n) is 11.9. The van der Waals surface area contributed by atoms with E-state index in [4.69, 9.17) is 14.5 Å². The summed E-state index contributed by atoms with van der Waals surface area (Å²) in [6.45, 7) is 10.9. The molecule has 2 aliphatic heterocycles. The van der Waals surface area contributed by atoms with Crippen molar-refractivity contribution in [1.82, 2.24) is 20.1 Å². The van der Waals surface area contributed by atoms with Crippen molar-refractivity contribution in [2.24, 2.45) is 0 Å². The Balaban J connectivity index is 1.11. The molecule has 3 aromatic rings. The summed E-state index contributed by atoms with van der Waals surface area (Å²) in [5.74, 6) is 0.232. The fourth-order valence-electron chi connectivity index (χ4n) is 5.51.